The van der Waals surface area contributed by atoms with E-state index in [0.717, 1.165) is 6.42 Å². The molecule has 1 unspecified atom stereocenters. The average Bonchev–Trinajstić information content (AvgIpc) is 2.71. The topological polar surface area (TPSA) is 65.1 Å². The maximum Gasteiger partial charge on any atom is 0.334 e. The molecule has 1 saturated heterocycles. The molecule has 0 aromatic rings. The Bertz CT molecular complexity index is 310. The highest BCUT2D eigenvalue weighted by Gasteiger charge is 2.33. The zero-order valence-corrected chi connectivity index (χ0v) is 11.4. The number of nitrogens with zero attached hydrogens (tertiary/aromatic N) is 1. The number of carbonyl (C=O) groups is 2. The fourth-order valence-electron chi connectivity index (χ4n) is 1.77. The van der Waals surface area contributed by atoms with Gasteiger partial charge in [0.25, 0.3) is 0 Å². The Morgan fingerprint density at radius 1 is 1.33 bits per heavy atom. The second-order valence-electron chi connectivity index (χ2n) is 5.18. The summed E-state index contributed by atoms with van der Waals surface area (Å²) in [5.74, 6) is -0.783. The SMILES string of the molecule is COC(=O)C1CCCN1OCC(=O)OC(C)(C)C. The van der Waals surface area contributed by atoms with Crippen LogP contribution in [0.1, 0.15) is 33.6 Å². The third-order valence-electron chi connectivity index (χ3n) is 2.45. The molecule has 0 spiro atoms. The maximum atomic E-state index is 11.5. The van der Waals surface area contributed by atoms with Crippen molar-refractivity contribution in [2.75, 3.05) is 20.3 Å². The van der Waals surface area contributed by atoms with Gasteiger partial charge in [-0.2, -0.15) is 5.06 Å². The molecule has 104 valence electrons. The predicted molar refractivity (Wildman–Crippen MR) is 63.5 cm³/mol. The molecule has 0 amide bonds. The molecule has 1 heterocycles. The van der Waals surface area contributed by atoms with Gasteiger partial charge in [0, 0.05) is 6.54 Å². The van der Waals surface area contributed by atoms with E-state index in [4.69, 9.17) is 9.57 Å². The van der Waals surface area contributed by atoms with Crippen molar-refractivity contribution in [3.63, 3.8) is 0 Å². The van der Waals surface area contributed by atoms with Crippen LogP contribution in [0.3, 0.4) is 0 Å². The highest BCUT2D eigenvalue weighted by molar-refractivity contribution is 5.76. The van der Waals surface area contributed by atoms with Gasteiger partial charge in [0.2, 0.25) is 0 Å². The fraction of sp³-hybridized carbons (Fsp3) is 0.833. The molecule has 1 atom stereocenters. The van der Waals surface area contributed by atoms with Gasteiger partial charge in [0.15, 0.2) is 6.61 Å². The van der Waals surface area contributed by atoms with Gasteiger partial charge in [-0.25, -0.2) is 4.79 Å². The summed E-state index contributed by atoms with van der Waals surface area (Å²) in [5.41, 5.74) is -0.535. The van der Waals surface area contributed by atoms with Crippen molar-refractivity contribution in [1.29, 1.82) is 0 Å². The minimum absolute atomic E-state index is 0.190. The van der Waals surface area contributed by atoms with E-state index in [1.807, 2.05) is 0 Å². The number of carbonyl (C=O) groups excluding carboxylic acids is 2. The Morgan fingerprint density at radius 2 is 2.00 bits per heavy atom. The van der Waals surface area contributed by atoms with Crippen molar-refractivity contribution < 1.29 is 23.9 Å². The van der Waals surface area contributed by atoms with Crippen molar-refractivity contribution >= 4 is 11.9 Å². The zero-order chi connectivity index (χ0) is 13.8. The Labute approximate surface area is 107 Å². The van der Waals surface area contributed by atoms with Crippen LogP contribution in [-0.2, 0) is 23.9 Å². The molecule has 18 heavy (non-hydrogen) atoms. The van der Waals surface area contributed by atoms with Crippen molar-refractivity contribution in [3.8, 4) is 0 Å². The summed E-state index contributed by atoms with van der Waals surface area (Å²) in [7, 11) is 1.34. The third-order valence-corrected chi connectivity index (χ3v) is 2.45. The lowest BCUT2D eigenvalue weighted by Crippen LogP contribution is -2.39. The molecule has 6 heteroatoms. The highest BCUT2D eigenvalue weighted by Crippen LogP contribution is 2.18. The van der Waals surface area contributed by atoms with E-state index in [1.54, 1.807) is 20.8 Å². The van der Waals surface area contributed by atoms with Gasteiger partial charge in [0.05, 0.1) is 7.11 Å². The van der Waals surface area contributed by atoms with E-state index >= 15 is 0 Å². The molecule has 1 rings (SSSR count). The number of hydrogen-bond donors (Lipinski definition) is 0. The molecule has 1 fully saturated rings. The summed E-state index contributed by atoms with van der Waals surface area (Å²) >= 11 is 0. The van der Waals surface area contributed by atoms with Crippen LogP contribution in [0.2, 0.25) is 0 Å². The van der Waals surface area contributed by atoms with Crippen LogP contribution < -0.4 is 0 Å². The molecule has 0 aromatic heterocycles. The summed E-state index contributed by atoms with van der Waals surface area (Å²) in [6.07, 6.45) is 1.52. The number of ether oxygens (including phenoxy) is 2. The molecule has 0 radical (unpaired) electrons. The molecule has 1 aliphatic rings. The number of hydrogen-bond acceptors (Lipinski definition) is 6. The smallest absolute Gasteiger partial charge is 0.334 e. The highest BCUT2D eigenvalue weighted by atomic mass is 16.7. The standard InChI is InChI=1S/C12H21NO5/c1-12(2,3)18-10(14)8-17-13-7-5-6-9(13)11(15)16-4/h9H,5-8H2,1-4H3. The largest absolute Gasteiger partial charge is 0.468 e. The van der Waals surface area contributed by atoms with Gasteiger partial charge in [-0.15, -0.1) is 0 Å². The Balaban J connectivity index is 2.38. The van der Waals surface area contributed by atoms with Crippen LogP contribution in [0.4, 0.5) is 0 Å². The molecule has 6 nitrogen and oxygen atoms in total. The summed E-state index contributed by atoms with van der Waals surface area (Å²) in [6.45, 7) is 5.79. The number of methoxy groups -OCH3 is 1. The summed E-state index contributed by atoms with van der Waals surface area (Å²) in [5, 5.41) is 1.50. The van der Waals surface area contributed by atoms with Gasteiger partial charge in [-0.3, -0.25) is 9.63 Å². The number of hydroxylamine groups is 2. The van der Waals surface area contributed by atoms with E-state index in [0.29, 0.717) is 13.0 Å². The van der Waals surface area contributed by atoms with E-state index in [1.165, 1.54) is 12.2 Å². The maximum absolute atomic E-state index is 11.5. The van der Waals surface area contributed by atoms with Crippen LogP contribution in [0.25, 0.3) is 0 Å². The van der Waals surface area contributed by atoms with Crippen molar-refractivity contribution in [1.82, 2.24) is 5.06 Å². The Hall–Kier alpha value is -1.14. The molecule has 0 N–H and O–H groups in total. The zero-order valence-electron chi connectivity index (χ0n) is 11.4. The van der Waals surface area contributed by atoms with Crippen LogP contribution >= 0.6 is 0 Å². The van der Waals surface area contributed by atoms with Crippen LogP contribution in [0.5, 0.6) is 0 Å². The lowest BCUT2D eigenvalue weighted by Gasteiger charge is -2.23. The van der Waals surface area contributed by atoms with Crippen LogP contribution in [0.15, 0.2) is 0 Å². The first-order chi connectivity index (χ1) is 8.33. The first-order valence-electron chi connectivity index (χ1n) is 6.03. The number of esters is 2. The van der Waals surface area contributed by atoms with E-state index in [-0.39, 0.29) is 12.6 Å². The van der Waals surface area contributed by atoms with Gasteiger partial charge in [-0.1, -0.05) is 0 Å². The lowest BCUT2D eigenvalue weighted by atomic mass is 10.2. The van der Waals surface area contributed by atoms with Crippen molar-refractivity contribution in [3.05, 3.63) is 0 Å². The van der Waals surface area contributed by atoms with Gasteiger partial charge in [-0.05, 0) is 33.6 Å². The number of rotatable bonds is 4. The summed E-state index contributed by atoms with van der Waals surface area (Å²) in [6, 6.07) is -0.419. The molecular formula is C12H21NO5. The van der Waals surface area contributed by atoms with Crippen LogP contribution in [0, 0.1) is 0 Å². The van der Waals surface area contributed by atoms with Crippen molar-refractivity contribution in [2.45, 2.75) is 45.3 Å². The van der Waals surface area contributed by atoms with E-state index in [2.05, 4.69) is 4.74 Å². The molecule has 1 aliphatic heterocycles. The monoisotopic (exact) mass is 259 g/mol. The van der Waals surface area contributed by atoms with Crippen molar-refractivity contribution in [2.24, 2.45) is 0 Å². The minimum atomic E-state index is -0.535. The van der Waals surface area contributed by atoms with E-state index < -0.39 is 17.6 Å². The average molecular weight is 259 g/mol. The Morgan fingerprint density at radius 3 is 2.56 bits per heavy atom. The lowest BCUT2D eigenvalue weighted by molar-refractivity contribution is -0.203. The third kappa shape index (κ3) is 4.62. The fourth-order valence-corrected chi connectivity index (χ4v) is 1.77. The summed E-state index contributed by atoms with van der Waals surface area (Å²) in [4.78, 5) is 28.2. The van der Waals surface area contributed by atoms with Gasteiger partial charge in [0.1, 0.15) is 11.6 Å². The summed E-state index contributed by atoms with van der Waals surface area (Å²) < 4.78 is 9.79. The predicted octanol–water partition coefficient (Wildman–Crippen LogP) is 0.897. The first-order valence-corrected chi connectivity index (χ1v) is 6.03. The second-order valence-corrected chi connectivity index (χ2v) is 5.18. The molecule has 0 saturated carbocycles. The second kappa shape index (κ2) is 6.15. The molecule has 0 bridgehead atoms. The van der Waals surface area contributed by atoms with E-state index in [9.17, 15) is 9.59 Å². The first kappa shape index (κ1) is 14.9. The van der Waals surface area contributed by atoms with Crippen LogP contribution in [-0.4, -0.2) is 48.9 Å². The molecule has 0 aromatic carbocycles. The molecule has 0 aliphatic carbocycles. The van der Waals surface area contributed by atoms with Gasteiger partial charge >= 0.3 is 11.9 Å². The molecular weight excluding hydrogens is 238 g/mol. The minimum Gasteiger partial charge on any atom is -0.468 e. The van der Waals surface area contributed by atoms with Gasteiger partial charge < -0.3 is 9.47 Å². The normalized spacial score (nSPS) is 20.8. The quantitative estimate of drug-likeness (QED) is 0.699. The Kier molecular flexibility index (Phi) is 5.10.